The lowest BCUT2D eigenvalue weighted by Gasteiger charge is -2.21. The van der Waals surface area contributed by atoms with Gasteiger partial charge in [-0.2, -0.15) is 4.98 Å². The van der Waals surface area contributed by atoms with E-state index in [4.69, 9.17) is 0 Å². The van der Waals surface area contributed by atoms with Gasteiger partial charge in [0.1, 0.15) is 11.6 Å². The molecule has 112 valence electrons. The number of fused-ring (bicyclic) bond motifs is 1. The van der Waals surface area contributed by atoms with Gasteiger partial charge < -0.3 is 15.2 Å². The van der Waals surface area contributed by atoms with Crippen LogP contribution in [-0.2, 0) is 19.3 Å². The maximum absolute atomic E-state index is 4.69. The predicted molar refractivity (Wildman–Crippen MR) is 83.8 cm³/mol. The highest BCUT2D eigenvalue weighted by molar-refractivity contribution is 5.52. The number of H-pyrrole nitrogens is 1. The molecule has 1 aliphatic carbocycles. The van der Waals surface area contributed by atoms with E-state index < -0.39 is 0 Å². The summed E-state index contributed by atoms with van der Waals surface area (Å²) in [7, 11) is 3.97. The zero-order valence-electron chi connectivity index (χ0n) is 12.7. The van der Waals surface area contributed by atoms with Gasteiger partial charge in [-0.25, -0.2) is 9.97 Å². The fourth-order valence-electron chi connectivity index (χ4n) is 2.66. The zero-order chi connectivity index (χ0) is 14.7. The van der Waals surface area contributed by atoms with Crippen molar-refractivity contribution < 1.29 is 0 Å². The second-order valence-electron chi connectivity index (χ2n) is 5.61. The molecular formula is C15H22N6. The molecule has 0 aromatic carbocycles. The van der Waals surface area contributed by atoms with Crippen LogP contribution in [0.15, 0.2) is 12.4 Å². The molecule has 0 amide bonds. The molecule has 0 radical (unpaired) electrons. The van der Waals surface area contributed by atoms with Gasteiger partial charge in [0.05, 0.1) is 5.69 Å². The molecule has 6 nitrogen and oxygen atoms in total. The summed E-state index contributed by atoms with van der Waals surface area (Å²) in [5.74, 6) is 2.78. The number of anilines is 2. The van der Waals surface area contributed by atoms with Crippen molar-refractivity contribution in [1.82, 2.24) is 19.9 Å². The molecule has 1 aliphatic rings. The quantitative estimate of drug-likeness (QED) is 0.877. The SMILES string of the molecule is CN(C)c1nc2c(c(NCCc3ncc[nH]3)n1)CCCC2. The van der Waals surface area contributed by atoms with Crippen LogP contribution in [0.5, 0.6) is 0 Å². The lowest BCUT2D eigenvalue weighted by atomic mass is 9.96. The maximum atomic E-state index is 4.69. The Balaban J connectivity index is 1.77. The Morgan fingerprint density at radius 3 is 2.86 bits per heavy atom. The molecule has 6 heteroatoms. The second kappa shape index (κ2) is 6.11. The van der Waals surface area contributed by atoms with E-state index in [0.29, 0.717) is 0 Å². The van der Waals surface area contributed by atoms with Crippen LogP contribution in [0.1, 0.15) is 29.9 Å². The highest BCUT2D eigenvalue weighted by Crippen LogP contribution is 2.27. The molecule has 2 aromatic heterocycles. The Morgan fingerprint density at radius 2 is 2.10 bits per heavy atom. The van der Waals surface area contributed by atoms with Crippen molar-refractivity contribution in [2.24, 2.45) is 0 Å². The third kappa shape index (κ3) is 3.15. The number of imidazole rings is 1. The summed E-state index contributed by atoms with van der Waals surface area (Å²) in [6, 6.07) is 0. The number of nitrogens with one attached hydrogen (secondary N) is 2. The third-order valence-corrected chi connectivity index (χ3v) is 3.78. The number of hydrogen-bond donors (Lipinski definition) is 2. The molecular weight excluding hydrogens is 264 g/mol. The number of aromatic amines is 1. The fraction of sp³-hybridized carbons (Fsp3) is 0.533. The lowest BCUT2D eigenvalue weighted by molar-refractivity contribution is 0.662. The van der Waals surface area contributed by atoms with Gasteiger partial charge in [-0.15, -0.1) is 0 Å². The van der Waals surface area contributed by atoms with Crippen molar-refractivity contribution in [3.05, 3.63) is 29.5 Å². The van der Waals surface area contributed by atoms with Gasteiger partial charge in [-0.05, 0) is 25.7 Å². The molecule has 0 atom stereocenters. The van der Waals surface area contributed by atoms with Crippen molar-refractivity contribution in [3.63, 3.8) is 0 Å². The van der Waals surface area contributed by atoms with Gasteiger partial charge in [0.2, 0.25) is 5.95 Å². The molecule has 0 unspecified atom stereocenters. The minimum absolute atomic E-state index is 0.788. The van der Waals surface area contributed by atoms with Crippen LogP contribution in [-0.4, -0.2) is 40.6 Å². The van der Waals surface area contributed by atoms with Crippen LogP contribution in [0.4, 0.5) is 11.8 Å². The molecule has 3 rings (SSSR count). The van der Waals surface area contributed by atoms with Crippen molar-refractivity contribution in [1.29, 1.82) is 0 Å². The fourth-order valence-corrected chi connectivity index (χ4v) is 2.66. The molecule has 0 bridgehead atoms. The van der Waals surface area contributed by atoms with E-state index in [1.165, 1.54) is 24.1 Å². The summed E-state index contributed by atoms with van der Waals surface area (Å²) in [6.45, 7) is 0.823. The average Bonchev–Trinajstić information content (AvgIpc) is 3.00. The van der Waals surface area contributed by atoms with Crippen LogP contribution in [0.3, 0.4) is 0 Å². The van der Waals surface area contributed by atoms with Crippen LogP contribution >= 0.6 is 0 Å². The van der Waals surface area contributed by atoms with E-state index >= 15 is 0 Å². The van der Waals surface area contributed by atoms with Crippen LogP contribution in [0, 0.1) is 0 Å². The minimum Gasteiger partial charge on any atom is -0.369 e. The van der Waals surface area contributed by atoms with E-state index in [-0.39, 0.29) is 0 Å². The first-order valence-corrected chi connectivity index (χ1v) is 7.53. The van der Waals surface area contributed by atoms with E-state index in [1.807, 2.05) is 25.2 Å². The Morgan fingerprint density at radius 1 is 1.24 bits per heavy atom. The molecule has 2 aromatic rings. The first kappa shape index (κ1) is 13.9. The van der Waals surface area contributed by atoms with Crippen LogP contribution < -0.4 is 10.2 Å². The largest absolute Gasteiger partial charge is 0.369 e. The predicted octanol–water partition coefficient (Wildman–Crippen LogP) is 1.80. The number of hydrogen-bond acceptors (Lipinski definition) is 5. The van der Waals surface area contributed by atoms with Crippen molar-refractivity contribution in [3.8, 4) is 0 Å². The molecule has 2 heterocycles. The molecule has 0 fully saturated rings. The third-order valence-electron chi connectivity index (χ3n) is 3.78. The lowest BCUT2D eigenvalue weighted by Crippen LogP contribution is -2.20. The van der Waals surface area contributed by atoms with Crippen LogP contribution in [0.25, 0.3) is 0 Å². The van der Waals surface area contributed by atoms with Gasteiger partial charge in [-0.1, -0.05) is 0 Å². The van der Waals surface area contributed by atoms with Gasteiger partial charge in [-0.3, -0.25) is 0 Å². The molecule has 0 saturated heterocycles. The second-order valence-corrected chi connectivity index (χ2v) is 5.61. The first-order valence-electron chi connectivity index (χ1n) is 7.53. The number of aryl methyl sites for hydroxylation is 1. The monoisotopic (exact) mass is 286 g/mol. The van der Waals surface area contributed by atoms with E-state index in [9.17, 15) is 0 Å². The molecule has 21 heavy (non-hydrogen) atoms. The van der Waals surface area contributed by atoms with Crippen molar-refractivity contribution in [2.75, 3.05) is 30.9 Å². The van der Waals surface area contributed by atoms with E-state index in [0.717, 1.165) is 43.4 Å². The standard InChI is InChI=1S/C15H22N6/c1-21(2)15-19-12-6-4-3-5-11(12)14(20-15)18-8-7-13-16-9-10-17-13/h9-10H,3-8H2,1-2H3,(H,16,17)(H,18,19,20). The number of rotatable bonds is 5. The van der Waals surface area contributed by atoms with Crippen molar-refractivity contribution >= 4 is 11.8 Å². The smallest absolute Gasteiger partial charge is 0.227 e. The number of aromatic nitrogens is 4. The number of nitrogens with zero attached hydrogens (tertiary/aromatic N) is 4. The Labute approximate surface area is 125 Å². The highest BCUT2D eigenvalue weighted by atomic mass is 15.2. The molecule has 0 saturated carbocycles. The Kier molecular flexibility index (Phi) is 4.03. The first-order chi connectivity index (χ1) is 10.2. The van der Waals surface area contributed by atoms with Crippen LogP contribution in [0.2, 0.25) is 0 Å². The zero-order valence-corrected chi connectivity index (χ0v) is 12.7. The highest BCUT2D eigenvalue weighted by Gasteiger charge is 2.18. The van der Waals surface area contributed by atoms with Gasteiger partial charge in [0, 0.05) is 45.0 Å². The summed E-state index contributed by atoms with van der Waals surface area (Å²) in [5, 5.41) is 3.47. The van der Waals surface area contributed by atoms with Gasteiger partial charge in [0.15, 0.2) is 0 Å². The average molecular weight is 286 g/mol. The van der Waals surface area contributed by atoms with Crippen molar-refractivity contribution in [2.45, 2.75) is 32.1 Å². The Hall–Kier alpha value is -2.11. The summed E-state index contributed by atoms with van der Waals surface area (Å²) >= 11 is 0. The summed E-state index contributed by atoms with van der Waals surface area (Å²) in [4.78, 5) is 18.7. The normalized spacial score (nSPS) is 13.8. The topological polar surface area (TPSA) is 69.7 Å². The van der Waals surface area contributed by atoms with Gasteiger partial charge >= 0.3 is 0 Å². The van der Waals surface area contributed by atoms with E-state index in [2.05, 4.69) is 25.3 Å². The molecule has 0 spiro atoms. The summed E-state index contributed by atoms with van der Waals surface area (Å²) in [5.41, 5.74) is 2.51. The maximum Gasteiger partial charge on any atom is 0.227 e. The molecule has 0 aliphatic heterocycles. The summed E-state index contributed by atoms with van der Waals surface area (Å²) < 4.78 is 0. The minimum atomic E-state index is 0.788. The Bertz CT molecular complexity index is 590. The van der Waals surface area contributed by atoms with E-state index in [1.54, 1.807) is 6.20 Å². The van der Waals surface area contributed by atoms with Gasteiger partial charge in [0.25, 0.3) is 0 Å². The molecule has 2 N–H and O–H groups in total. The summed E-state index contributed by atoms with van der Waals surface area (Å²) in [6.07, 6.45) is 9.09.